The fraction of sp³-hybridized carbons (Fsp3) is 0.786. The first kappa shape index (κ1) is 14.6. The molecule has 0 aliphatic carbocycles. The summed E-state index contributed by atoms with van der Waals surface area (Å²) in [5.41, 5.74) is 1.01. The molecular weight excluding hydrogens is 230 g/mol. The molecule has 17 heavy (non-hydrogen) atoms. The van der Waals surface area contributed by atoms with E-state index in [9.17, 15) is 4.79 Å². The van der Waals surface area contributed by atoms with Gasteiger partial charge in [0.15, 0.2) is 0 Å². The van der Waals surface area contributed by atoms with Gasteiger partial charge in [0.1, 0.15) is 0 Å². The highest BCUT2D eigenvalue weighted by Crippen LogP contribution is 2.22. The maximum Gasteiger partial charge on any atom is 0.252 e. The lowest BCUT2D eigenvalue weighted by molar-refractivity contribution is -0.133. The van der Waals surface area contributed by atoms with Crippen LogP contribution in [0.5, 0.6) is 0 Å². The molecule has 3 heteroatoms. The van der Waals surface area contributed by atoms with E-state index in [-0.39, 0.29) is 5.91 Å². The molecule has 0 N–H and O–H groups in total. The highest BCUT2D eigenvalue weighted by Gasteiger charge is 2.30. The Hall–Kier alpha value is -0.440. The van der Waals surface area contributed by atoms with Gasteiger partial charge in [-0.05, 0) is 23.5 Å². The first-order chi connectivity index (χ1) is 8.15. The van der Waals surface area contributed by atoms with Crippen molar-refractivity contribution in [1.29, 1.82) is 0 Å². The minimum absolute atomic E-state index is 0.250. The number of nitrogens with zero attached hydrogens (tertiary/aromatic N) is 1. The van der Waals surface area contributed by atoms with Crippen LogP contribution >= 0.6 is 11.8 Å². The van der Waals surface area contributed by atoms with E-state index < -0.39 is 0 Å². The lowest BCUT2D eigenvalue weighted by Crippen LogP contribution is -2.47. The van der Waals surface area contributed by atoms with Gasteiger partial charge in [-0.2, -0.15) is 0 Å². The summed E-state index contributed by atoms with van der Waals surface area (Å²) in [5.74, 6) is 1.97. The van der Waals surface area contributed by atoms with Crippen LogP contribution in [-0.4, -0.2) is 29.6 Å². The van der Waals surface area contributed by atoms with Crippen molar-refractivity contribution in [3.05, 3.63) is 11.0 Å². The summed E-state index contributed by atoms with van der Waals surface area (Å²) in [6.07, 6.45) is 5.21. The lowest BCUT2D eigenvalue weighted by Gasteiger charge is -2.34. The maximum atomic E-state index is 11.7. The van der Waals surface area contributed by atoms with Crippen LogP contribution in [0.2, 0.25) is 0 Å². The summed E-state index contributed by atoms with van der Waals surface area (Å²) in [5, 5.41) is 2.07. The number of thioether (sulfide) groups is 1. The van der Waals surface area contributed by atoms with Crippen LogP contribution < -0.4 is 0 Å². The highest BCUT2D eigenvalue weighted by atomic mass is 32.2. The second-order valence-corrected chi connectivity index (χ2v) is 6.13. The third kappa shape index (κ3) is 5.15. The van der Waals surface area contributed by atoms with Crippen molar-refractivity contribution in [2.75, 3.05) is 18.8 Å². The molecular formula is C14H25NOS. The van der Waals surface area contributed by atoms with Gasteiger partial charge in [-0.25, -0.2) is 0 Å². The molecule has 0 aromatic rings. The smallest absolute Gasteiger partial charge is 0.252 e. The van der Waals surface area contributed by atoms with Crippen molar-refractivity contribution in [3.8, 4) is 0 Å². The molecule has 0 bridgehead atoms. The number of carbonyl (C=O) groups excluding carboxylic acids is 1. The minimum Gasteiger partial charge on any atom is -0.334 e. The largest absolute Gasteiger partial charge is 0.334 e. The zero-order valence-electron chi connectivity index (χ0n) is 11.4. The molecule has 0 aromatic heterocycles. The van der Waals surface area contributed by atoms with Crippen molar-refractivity contribution in [3.63, 3.8) is 0 Å². The van der Waals surface area contributed by atoms with Crippen LogP contribution in [-0.2, 0) is 4.79 Å². The van der Waals surface area contributed by atoms with Crippen LogP contribution in [0.3, 0.4) is 0 Å². The van der Waals surface area contributed by atoms with Gasteiger partial charge in [-0.3, -0.25) is 4.79 Å². The van der Waals surface area contributed by atoms with Gasteiger partial charge >= 0.3 is 0 Å². The average molecular weight is 255 g/mol. The Morgan fingerprint density at radius 3 is 2.71 bits per heavy atom. The topological polar surface area (TPSA) is 20.3 Å². The number of amides is 1. The van der Waals surface area contributed by atoms with Gasteiger partial charge in [0, 0.05) is 12.1 Å². The summed E-state index contributed by atoms with van der Waals surface area (Å²) in [6.45, 7) is 8.29. The SMILES string of the molecule is CCCCCCS/C=C1\CN(CC(C)C)C1=O. The average Bonchev–Trinajstić information content (AvgIpc) is 2.30. The second kappa shape index (κ2) is 7.80. The Bertz CT molecular complexity index is 273. The standard InChI is InChI=1S/C14H25NOS/c1-4-5-6-7-8-17-11-13-10-15(14(13)16)9-12(2)3/h11-12H,4-10H2,1-3H3/b13-11+. The Kier molecular flexibility index (Phi) is 6.71. The molecule has 1 fully saturated rings. The van der Waals surface area contributed by atoms with Crippen molar-refractivity contribution in [2.24, 2.45) is 5.92 Å². The van der Waals surface area contributed by atoms with E-state index in [1.54, 1.807) is 11.8 Å². The Morgan fingerprint density at radius 1 is 1.35 bits per heavy atom. The zero-order chi connectivity index (χ0) is 12.7. The van der Waals surface area contributed by atoms with Crippen LogP contribution in [0.4, 0.5) is 0 Å². The van der Waals surface area contributed by atoms with E-state index >= 15 is 0 Å². The summed E-state index contributed by atoms with van der Waals surface area (Å²) >= 11 is 1.80. The number of unbranched alkanes of at least 4 members (excludes halogenated alkanes) is 3. The molecule has 1 amide bonds. The molecule has 1 heterocycles. The van der Waals surface area contributed by atoms with E-state index in [1.165, 1.54) is 25.7 Å². The highest BCUT2D eigenvalue weighted by molar-refractivity contribution is 8.02. The fourth-order valence-corrected chi connectivity index (χ4v) is 2.77. The van der Waals surface area contributed by atoms with Gasteiger partial charge < -0.3 is 4.90 Å². The lowest BCUT2D eigenvalue weighted by atomic mass is 10.1. The predicted octanol–water partition coefficient (Wildman–Crippen LogP) is 3.68. The molecule has 1 rings (SSSR count). The summed E-state index contributed by atoms with van der Waals surface area (Å²) in [4.78, 5) is 13.6. The molecule has 0 saturated carbocycles. The zero-order valence-corrected chi connectivity index (χ0v) is 12.2. The van der Waals surface area contributed by atoms with Crippen LogP contribution in [0, 0.1) is 5.92 Å². The molecule has 1 aliphatic rings. The molecule has 1 aliphatic heterocycles. The van der Waals surface area contributed by atoms with Gasteiger partial charge in [0.05, 0.1) is 6.54 Å². The summed E-state index contributed by atoms with van der Waals surface area (Å²) in [7, 11) is 0. The number of hydrogen-bond donors (Lipinski definition) is 0. The molecule has 0 aromatic carbocycles. The van der Waals surface area contributed by atoms with E-state index in [2.05, 4.69) is 26.2 Å². The number of rotatable bonds is 8. The normalized spacial score (nSPS) is 18.0. The molecule has 2 nitrogen and oxygen atoms in total. The summed E-state index contributed by atoms with van der Waals surface area (Å²) in [6, 6.07) is 0. The Balaban J connectivity index is 2.10. The molecule has 0 spiro atoms. The van der Waals surface area contributed by atoms with E-state index in [0.717, 1.165) is 24.4 Å². The Morgan fingerprint density at radius 2 is 2.12 bits per heavy atom. The van der Waals surface area contributed by atoms with E-state index in [1.807, 2.05) is 4.90 Å². The van der Waals surface area contributed by atoms with Crippen molar-refractivity contribution in [1.82, 2.24) is 4.90 Å². The monoisotopic (exact) mass is 255 g/mol. The van der Waals surface area contributed by atoms with Gasteiger partial charge in [0.2, 0.25) is 0 Å². The Labute approximate surface area is 110 Å². The van der Waals surface area contributed by atoms with E-state index in [0.29, 0.717) is 5.92 Å². The fourth-order valence-electron chi connectivity index (χ4n) is 1.90. The molecule has 1 saturated heterocycles. The number of likely N-dealkylation sites (tertiary alicyclic amines) is 1. The molecule has 0 atom stereocenters. The van der Waals surface area contributed by atoms with Gasteiger partial charge in [0.25, 0.3) is 5.91 Å². The first-order valence-electron chi connectivity index (χ1n) is 6.75. The summed E-state index contributed by atoms with van der Waals surface area (Å²) < 4.78 is 0. The van der Waals surface area contributed by atoms with Crippen molar-refractivity contribution >= 4 is 17.7 Å². The van der Waals surface area contributed by atoms with Crippen molar-refractivity contribution < 1.29 is 4.79 Å². The van der Waals surface area contributed by atoms with Gasteiger partial charge in [-0.15, -0.1) is 11.8 Å². The van der Waals surface area contributed by atoms with Crippen LogP contribution in [0.1, 0.15) is 46.5 Å². The quantitative estimate of drug-likeness (QED) is 0.374. The minimum atomic E-state index is 0.250. The van der Waals surface area contributed by atoms with Gasteiger partial charge in [-0.1, -0.05) is 40.0 Å². The number of carbonyl (C=O) groups is 1. The molecule has 98 valence electrons. The van der Waals surface area contributed by atoms with Crippen LogP contribution in [0.15, 0.2) is 11.0 Å². The first-order valence-corrected chi connectivity index (χ1v) is 7.80. The van der Waals surface area contributed by atoms with E-state index in [4.69, 9.17) is 0 Å². The predicted molar refractivity (Wildman–Crippen MR) is 76.1 cm³/mol. The third-order valence-corrected chi connectivity index (χ3v) is 3.83. The molecule has 0 radical (unpaired) electrons. The maximum absolute atomic E-state index is 11.7. The van der Waals surface area contributed by atoms with Crippen molar-refractivity contribution in [2.45, 2.75) is 46.5 Å². The number of hydrogen-bond acceptors (Lipinski definition) is 2. The molecule has 0 unspecified atom stereocenters. The third-order valence-electron chi connectivity index (χ3n) is 2.85. The second-order valence-electron chi connectivity index (χ2n) is 5.15. The number of β-lactam (4-membered cyclic amide) rings is 1. The van der Waals surface area contributed by atoms with Crippen LogP contribution in [0.25, 0.3) is 0 Å².